The maximum atomic E-state index is 5.32. The number of thioether (sulfide) groups is 1. The zero-order chi connectivity index (χ0) is 12.1. The van der Waals surface area contributed by atoms with Crippen LogP contribution in [0.1, 0.15) is 11.4 Å². The van der Waals surface area contributed by atoms with Gasteiger partial charge in [-0.25, -0.2) is 9.97 Å². The van der Waals surface area contributed by atoms with Crippen molar-refractivity contribution in [1.82, 2.24) is 14.9 Å². The van der Waals surface area contributed by atoms with Gasteiger partial charge in [0.15, 0.2) is 5.16 Å². The van der Waals surface area contributed by atoms with Gasteiger partial charge in [-0.2, -0.15) is 0 Å². The van der Waals surface area contributed by atoms with Crippen LogP contribution in [0.2, 0.25) is 0 Å². The lowest BCUT2D eigenvalue weighted by atomic mass is 10.4. The molecule has 0 bridgehead atoms. The van der Waals surface area contributed by atoms with Crippen molar-refractivity contribution in [3.63, 3.8) is 0 Å². The van der Waals surface area contributed by atoms with Crippen molar-refractivity contribution < 1.29 is 17.1 Å². The predicted molar refractivity (Wildman–Crippen MR) is 69.5 cm³/mol. The van der Waals surface area contributed by atoms with E-state index in [4.69, 9.17) is 4.74 Å². The second kappa shape index (κ2) is 7.94. The van der Waals surface area contributed by atoms with Gasteiger partial charge in [0, 0.05) is 36.8 Å². The van der Waals surface area contributed by atoms with Crippen LogP contribution in [0.3, 0.4) is 0 Å². The van der Waals surface area contributed by atoms with E-state index in [-0.39, 0.29) is 12.4 Å². The molecule has 0 radical (unpaired) electrons. The number of rotatable bonds is 4. The van der Waals surface area contributed by atoms with Crippen LogP contribution in [-0.2, 0) is 4.74 Å². The molecule has 0 aromatic carbocycles. The van der Waals surface area contributed by atoms with Gasteiger partial charge in [0.25, 0.3) is 0 Å². The van der Waals surface area contributed by atoms with E-state index in [1.54, 1.807) is 11.8 Å². The van der Waals surface area contributed by atoms with Crippen molar-refractivity contribution in [3.8, 4) is 0 Å². The first-order valence-electron chi connectivity index (χ1n) is 5.99. The summed E-state index contributed by atoms with van der Waals surface area (Å²) >= 11 is 1.74. The van der Waals surface area contributed by atoms with E-state index in [0.717, 1.165) is 55.1 Å². The number of morpholine rings is 1. The van der Waals surface area contributed by atoms with E-state index >= 15 is 0 Å². The maximum absolute atomic E-state index is 5.32. The minimum atomic E-state index is 0. The van der Waals surface area contributed by atoms with E-state index in [1.165, 1.54) is 0 Å². The molecule has 0 saturated carbocycles. The topological polar surface area (TPSA) is 38.2 Å². The summed E-state index contributed by atoms with van der Waals surface area (Å²) in [6.45, 7) is 8.95. The summed E-state index contributed by atoms with van der Waals surface area (Å²) in [5, 5.41) is 0.899. The summed E-state index contributed by atoms with van der Waals surface area (Å²) < 4.78 is 5.32. The van der Waals surface area contributed by atoms with Crippen molar-refractivity contribution in [3.05, 3.63) is 17.5 Å². The second-order valence-corrected chi connectivity index (χ2v) is 5.30. The summed E-state index contributed by atoms with van der Waals surface area (Å²) in [5.74, 6) is 1.04. The summed E-state index contributed by atoms with van der Waals surface area (Å²) in [5.41, 5.74) is 2.10. The van der Waals surface area contributed by atoms with Crippen molar-refractivity contribution in [2.75, 3.05) is 38.6 Å². The Morgan fingerprint density at radius 2 is 1.83 bits per heavy atom. The molecular weight excluding hydrogens is 270 g/mol. The molecule has 1 aliphatic rings. The summed E-state index contributed by atoms with van der Waals surface area (Å²) in [4.78, 5) is 11.3. The van der Waals surface area contributed by atoms with Gasteiger partial charge in [-0.3, -0.25) is 4.90 Å². The van der Waals surface area contributed by atoms with Gasteiger partial charge in [-0.1, -0.05) is 11.8 Å². The number of hydrogen-bond acceptors (Lipinski definition) is 5. The molecule has 102 valence electrons. The molecule has 1 aromatic rings. The Morgan fingerprint density at radius 3 is 2.44 bits per heavy atom. The van der Waals surface area contributed by atoms with Crippen molar-refractivity contribution in [2.24, 2.45) is 0 Å². The van der Waals surface area contributed by atoms with Gasteiger partial charge in [-0.15, -0.1) is 0 Å². The Hall–Kier alpha value is -0.360. The molecule has 4 nitrogen and oxygen atoms in total. The number of nitrogens with zero attached hydrogens (tertiary/aromatic N) is 3. The Bertz CT molecular complexity index is 352. The molecule has 1 fully saturated rings. The minimum Gasteiger partial charge on any atom is -1.00 e. The largest absolute Gasteiger partial charge is 1.00 e. The lowest BCUT2D eigenvalue weighted by Crippen LogP contribution is -3.00. The fourth-order valence-electron chi connectivity index (χ4n) is 1.85. The standard InChI is InChI=1S/C12H19N3OS.ClH/c1-10-9-11(2)14-12(13-10)17-8-5-15-3-6-16-7-4-15;/h9H,3-8H2,1-2H3;1H/p-1. The zero-order valence-corrected chi connectivity index (χ0v) is 12.4. The smallest absolute Gasteiger partial charge is 0.188 e. The number of ether oxygens (including phenoxy) is 1. The van der Waals surface area contributed by atoms with E-state index in [2.05, 4.69) is 14.9 Å². The predicted octanol–water partition coefficient (Wildman–Crippen LogP) is -1.48. The Balaban J connectivity index is 0.00000162. The van der Waals surface area contributed by atoms with Crippen LogP contribution in [-0.4, -0.2) is 53.5 Å². The van der Waals surface area contributed by atoms with Crippen LogP contribution in [0.15, 0.2) is 11.2 Å². The fraction of sp³-hybridized carbons (Fsp3) is 0.667. The first-order valence-corrected chi connectivity index (χ1v) is 6.98. The van der Waals surface area contributed by atoms with Crippen LogP contribution in [0.4, 0.5) is 0 Å². The quantitative estimate of drug-likeness (QED) is 0.499. The van der Waals surface area contributed by atoms with Gasteiger partial charge in [0.1, 0.15) is 0 Å². The van der Waals surface area contributed by atoms with Gasteiger partial charge in [0.2, 0.25) is 0 Å². The van der Waals surface area contributed by atoms with Gasteiger partial charge in [0.05, 0.1) is 13.2 Å². The summed E-state index contributed by atoms with van der Waals surface area (Å²) in [6.07, 6.45) is 0. The van der Waals surface area contributed by atoms with E-state index in [1.807, 2.05) is 19.9 Å². The number of halogens is 1. The molecule has 1 aliphatic heterocycles. The van der Waals surface area contributed by atoms with Crippen LogP contribution in [0, 0.1) is 13.8 Å². The van der Waals surface area contributed by atoms with Crippen LogP contribution >= 0.6 is 11.8 Å². The molecule has 2 heterocycles. The van der Waals surface area contributed by atoms with E-state index < -0.39 is 0 Å². The Labute approximate surface area is 119 Å². The van der Waals surface area contributed by atoms with Gasteiger partial charge in [-0.05, 0) is 19.9 Å². The Kier molecular flexibility index (Phi) is 6.92. The van der Waals surface area contributed by atoms with Crippen molar-refractivity contribution in [2.45, 2.75) is 19.0 Å². The highest BCUT2D eigenvalue weighted by Crippen LogP contribution is 2.14. The molecule has 2 rings (SSSR count). The normalized spacial score (nSPS) is 16.3. The third-order valence-corrected chi connectivity index (χ3v) is 3.53. The molecule has 0 unspecified atom stereocenters. The first-order chi connectivity index (χ1) is 8.24. The average molecular weight is 289 g/mol. The monoisotopic (exact) mass is 288 g/mol. The molecule has 0 amide bonds. The highest BCUT2D eigenvalue weighted by molar-refractivity contribution is 7.99. The molecule has 0 spiro atoms. The highest BCUT2D eigenvalue weighted by atomic mass is 35.5. The highest BCUT2D eigenvalue weighted by Gasteiger charge is 2.10. The fourth-order valence-corrected chi connectivity index (χ4v) is 2.80. The maximum Gasteiger partial charge on any atom is 0.188 e. The van der Waals surface area contributed by atoms with Crippen LogP contribution < -0.4 is 12.4 Å². The average Bonchev–Trinajstić information content (AvgIpc) is 2.29. The van der Waals surface area contributed by atoms with Gasteiger partial charge >= 0.3 is 0 Å². The first kappa shape index (κ1) is 15.7. The number of aryl methyl sites for hydroxylation is 2. The lowest BCUT2D eigenvalue weighted by Gasteiger charge is -2.26. The third-order valence-electron chi connectivity index (χ3n) is 2.70. The zero-order valence-electron chi connectivity index (χ0n) is 10.9. The number of aromatic nitrogens is 2. The van der Waals surface area contributed by atoms with Crippen LogP contribution in [0.25, 0.3) is 0 Å². The van der Waals surface area contributed by atoms with E-state index in [0.29, 0.717) is 0 Å². The lowest BCUT2D eigenvalue weighted by molar-refractivity contribution is -0.00000525. The molecular formula is C12H19ClN3OS-. The van der Waals surface area contributed by atoms with E-state index in [9.17, 15) is 0 Å². The molecule has 1 saturated heterocycles. The third kappa shape index (κ3) is 5.10. The van der Waals surface area contributed by atoms with Gasteiger partial charge < -0.3 is 17.1 Å². The molecule has 0 N–H and O–H groups in total. The summed E-state index contributed by atoms with van der Waals surface area (Å²) in [6, 6.07) is 2.01. The SMILES string of the molecule is Cc1cc(C)nc(SCCN2CCOCC2)n1.[Cl-]. The minimum absolute atomic E-state index is 0. The molecule has 1 aromatic heterocycles. The molecule has 0 aliphatic carbocycles. The van der Waals surface area contributed by atoms with Crippen molar-refractivity contribution >= 4 is 11.8 Å². The number of hydrogen-bond donors (Lipinski definition) is 0. The molecule has 18 heavy (non-hydrogen) atoms. The molecule has 0 atom stereocenters. The second-order valence-electron chi connectivity index (χ2n) is 4.24. The Morgan fingerprint density at radius 1 is 1.22 bits per heavy atom. The van der Waals surface area contributed by atoms with Crippen LogP contribution in [0.5, 0.6) is 0 Å². The summed E-state index contributed by atoms with van der Waals surface area (Å²) in [7, 11) is 0. The molecule has 6 heteroatoms. The van der Waals surface area contributed by atoms with Crippen molar-refractivity contribution in [1.29, 1.82) is 0 Å².